The number of aromatic hydroxyl groups is 1. The second-order valence-corrected chi connectivity index (χ2v) is 3.47. The molecule has 5 nitrogen and oxygen atoms in total. The van der Waals surface area contributed by atoms with E-state index in [-0.39, 0.29) is 5.75 Å². The Morgan fingerprint density at radius 2 is 2.29 bits per heavy atom. The van der Waals surface area contributed by atoms with E-state index in [0.29, 0.717) is 11.0 Å². The van der Waals surface area contributed by atoms with Crippen LogP contribution in [0.3, 0.4) is 0 Å². The molecular formula is C8H10BrN3O2. The Morgan fingerprint density at radius 1 is 1.57 bits per heavy atom. The summed E-state index contributed by atoms with van der Waals surface area (Å²) >= 11 is 3.15. The van der Waals surface area contributed by atoms with E-state index in [0.717, 1.165) is 5.56 Å². The smallest absolute Gasteiger partial charge is 0.329 e. The van der Waals surface area contributed by atoms with Crippen molar-refractivity contribution < 1.29 is 9.90 Å². The van der Waals surface area contributed by atoms with Crippen molar-refractivity contribution >= 4 is 22.0 Å². The van der Waals surface area contributed by atoms with Crippen molar-refractivity contribution in [1.29, 1.82) is 0 Å². The van der Waals surface area contributed by atoms with Gasteiger partial charge in [0.25, 0.3) is 0 Å². The van der Waals surface area contributed by atoms with Crippen molar-refractivity contribution in [3.05, 3.63) is 28.2 Å². The summed E-state index contributed by atoms with van der Waals surface area (Å²) in [4.78, 5) is 10.7. The molecule has 2 amide bonds. The number of phenols is 1. The van der Waals surface area contributed by atoms with E-state index in [1.54, 1.807) is 18.2 Å². The van der Waals surface area contributed by atoms with Gasteiger partial charge in [0.05, 0.1) is 4.47 Å². The second kappa shape index (κ2) is 4.83. The van der Waals surface area contributed by atoms with Crippen LogP contribution >= 0.6 is 15.9 Å². The largest absolute Gasteiger partial charge is 0.507 e. The van der Waals surface area contributed by atoms with Crippen LogP contribution in [0.1, 0.15) is 5.56 Å². The van der Waals surface area contributed by atoms with Crippen LogP contribution in [0.5, 0.6) is 5.75 Å². The number of nitrogens with one attached hydrogen (secondary N) is 2. The first-order chi connectivity index (χ1) is 6.63. The molecule has 1 rings (SSSR count). The monoisotopic (exact) mass is 259 g/mol. The summed E-state index contributed by atoms with van der Waals surface area (Å²) < 4.78 is 0.615. The van der Waals surface area contributed by atoms with Crippen molar-refractivity contribution in [2.24, 2.45) is 5.84 Å². The maximum atomic E-state index is 10.7. The van der Waals surface area contributed by atoms with Gasteiger partial charge in [0.2, 0.25) is 0 Å². The number of benzene rings is 1. The first-order valence-corrected chi connectivity index (χ1v) is 4.64. The molecule has 0 atom stereocenters. The Bertz CT molecular complexity index is 343. The molecule has 0 heterocycles. The molecule has 0 unspecified atom stereocenters. The van der Waals surface area contributed by atoms with E-state index in [2.05, 4.69) is 21.2 Å². The molecule has 0 aliphatic carbocycles. The van der Waals surface area contributed by atoms with Gasteiger partial charge in [-0.2, -0.15) is 0 Å². The third-order valence-electron chi connectivity index (χ3n) is 1.59. The fraction of sp³-hybridized carbons (Fsp3) is 0.125. The first kappa shape index (κ1) is 10.8. The lowest BCUT2D eigenvalue weighted by molar-refractivity contribution is 0.240. The quantitative estimate of drug-likeness (QED) is 0.361. The Kier molecular flexibility index (Phi) is 3.73. The van der Waals surface area contributed by atoms with Crippen molar-refractivity contribution in [2.45, 2.75) is 6.54 Å². The minimum Gasteiger partial charge on any atom is -0.507 e. The second-order valence-electron chi connectivity index (χ2n) is 2.61. The SMILES string of the molecule is NNC(=O)NCc1ccc(Br)c(O)c1. The first-order valence-electron chi connectivity index (χ1n) is 3.85. The molecule has 0 bridgehead atoms. The summed E-state index contributed by atoms with van der Waals surface area (Å²) in [6, 6.07) is 4.57. The highest BCUT2D eigenvalue weighted by Gasteiger charge is 2.01. The summed E-state index contributed by atoms with van der Waals surface area (Å²) in [5.74, 6) is 5.01. The molecule has 0 aliphatic heterocycles. The van der Waals surface area contributed by atoms with Crippen molar-refractivity contribution in [3.63, 3.8) is 0 Å². The predicted molar refractivity (Wildman–Crippen MR) is 55.4 cm³/mol. The minimum atomic E-state index is -0.465. The lowest BCUT2D eigenvalue weighted by atomic mass is 10.2. The van der Waals surface area contributed by atoms with Crippen LogP contribution in [0.15, 0.2) is 22.7 Å². The number of halogens is 1. The standard InChI is InChI=1S/C8H10BrN3O2/c9-6-2-1-5(3-7(6)13)4-11-8(14)12-10/h1-3,13H,4,10H2,(H2,11,12,14). The number of hydrogen-bond acceptors (Lipinski definition) is 3. The molecular weight excluding hydrogens is 250 g/mol. The van der Waals surface area contributed by atoms with Gasteiger partial charge in [-0.3, -0.25) is 5.43 Å². The number of rotatable bonds is 2. The lowest BCUT2D eigenvalue weighted by Gasteiger charge is -2.05. The molecule has 1 aromatic rings. The zero-order chi connectivity index (χ0) is 10.6. The van der Waals surface area contributed by atoms with E-state index in [9.17, 15) is 9.90 Å². The number of phenolic OH excluding ortho intramolecular Hbond substituents is 1. The van der Waals surface area contributed by atoms with Crippen LogP contribution in [0, 0.1) is 0 Å². The Labute approximate surface area is 89.4 Å². The normalized spacial score (nSPS) is 9.57. The van der Waals surface area contributed by atoms with Crippen molar-refractivity contribution in [1.82, 2.24) is 10.7 Å². The van der Waals surface area contributed by atoms with Crippen LogP contribution in [0.25, 0.3) is 0 Å². The highest BCUT2D eigenvalue weighted by Crippen LogP contribution is 2.23. The Balaban J connectivity index is 2.60. The number of hydrazine groups is 1. The van der Waals surface area contributed by atoms with Gasteiger partial charge in [0, 0.05) is 6.54 Å². The van der Waals surface area contributed by atoms with Crippen molar-refractivity contribution in [3.8, 4) is 5.75 Å². The topological polar surface area (TPSA) is 87.4 Å². The number of urea groups is 1. The third kappa shape index (κ3) is 2.90. The average Bonchev–Trinajstić information content (AvgIpc) is 2.19. The van der Waals surface area contributed by atoms with Crippen LogP contribution < -0.4 is 16.6 Å². The minimum absolute atomic E-state index is 0.137. The number of carbonyl (C=O) groups excluding carboxylic acids is 1. The third-order valence-corrected chi connectivity index (χ3v) is 2.27. The summed E-state index contributed by atoms with van der Waals surface area (Å²) in [7, 11) is 0. The van der Waals surface area contributed by atoms with Gasteiger partial charge in [-0.15, -0.1) is 0 Å². The molecule has 0 aliphatic rings. The molecule has 0 radical (unpaired) electrons. The van der Waals surface area contributed by atoms with E-state index in [1.807, 2.05) is 5.43 Å². The van der Waals surface area contributed by atoms with Crippen LogP contribution in [-0.2, 0) is 6.54 Å². The van der Waals surface area contributed by atoms with E-state index < -0.39 is 6.03 Å². The van der Waals surface area contributed by atoms with E-state index >= 15 is 0 Å². The molecule has 0 saturated heterocycles. The molecule has 0 aromatic heterocycles. The van der Waals surface area contributed by atoms with Crippen LogP contribution in [0.2, 0.25) is 0 Å². The number of amides is 2. The van der Waals surface area contributed by atoms with Gasteiger partial charge in [0.15, 0.2) is 0 Å². The zero-order valence-corrected chi connectivity index (χ0v) is 8.84. The molecule has 1 aromatic carbocycles. The van der Waals surface area contributed by atoms with Crippen LogP contribution in [-0.4, -0.2) is 11.1 Å². The Hall–Kier alpha value is -1.27. The molecule has 0 fully saturated rings. The number of carbonyl (C=O) groups is 1. The molecule has 76 valence electrons. The molecule has 14 heavy (non-hydrogen) atoms. The molecule has 6 heteroatoms. The van der Waals surface area contributed by atoms with E-state index in [1.165, 1.54) is 0 Å². The summed E-state index contributed by atoms with van der Waals surface area (Å²) in [6.07, 6.45) is 0. The highest BCUT2D eigenvalue weighted by molar-refractivity contribution is 9.10. The molecule has 5 N–H and O–H groups in total. The Morgan fingerprint density at radius 3 is 2.86 bits per heavy atom. The predicted octanol–water partition coefficient (Wildman–Crippen LogP) is 0.828. The van der Waals surface area contributed by atoms with Gasteiger partial charge >= 0.3 is 6.03 Å². The molecule has 0 saturated carbocycles. The molecule has 0 spiro atoms. The van der Waals surface area contributed by atoms with Gasteiger partial charge in [0.1, 0.15) is 5.75 Å². The van der Waals surface area contributed by atoms with Gasteiger partial charge in [-0.05, 0) is 33.6 Å². The average molecular weight is 260 g/mol. The van der Waals surface area contributed by atoms with Gasteiger partial charge in [-0.1, -0.05) is 6.07 Å². The fourth-order valence-electron chi connectivity index (χ4n) is 0.902. The van der Waals surface area contributed by atoms with Crippen LogP contribution in [0.4, 0.5) is 4.79 Å². The van der Waals surface area contributed by atoms with Gasteiger partial charge in [-0.25, -0.2) is 10.6 Å². The zero-order valence-electron chi connectivity index (χ0n) is 7.25. The summed E-state index contributed by atoms with van der Waals surface area (Å²) in [5.41, 5.74) is 2.73. The number of nitrogens with two attached hydrogens (primary N) is 1. The summed E-state index contributed by atoms with van der Waals surface area (Å²) in [6.45, 7) is 0.309. The van der Waals surface area contributed by atoms with E-state index in [4.69, 9.17) is 5.84 Å². The summed E-state index contributed by atoms with van der Waals surface area (Å²) in [5, 5.41) is 11.8. The maximum Gasteiger partial charge on any atom is 0.329 e. The highest BCUT2D eigenvalue weighted by atomic mass is 79.9. The van der Waals surface area contributed by atoms with Crippen molar-refractivity contribution in [2.75, 3.05) is 0 Å². The van der Waals surface area contributed by atoms with Gasteiger partial charge < -0.3 is 10.4 Å². The lowest BCUT2D eigenvalue weighted by Crippen LogP contribution is -2.39. The number of hydrogen-bond donors (Lipinski definition) is 4. The maximum absolute atomic E-state index is 10.7. The fourth-order valence-corrected chi connectivity index (χ4v) is 1.15.